The summed E-state index contributed by atoms with van der Waals surface area (Å²) in [6.45, 7) is 1.57. The van der Waals surface area contributed by atoms with Gasteiger partial charge in [0.25, 0.3) is 11.6 Å². The molecule has 2 N–H and O–H groups in total. The lowest BCUT2D eigenvalue weighted by molar-refractivity contribution is -0.384. The standard InChI is InChI=1S/C15H11ClN2O5/c1-8-10(15(20)21)3-2-4-13(8)17-14(19)11-6-5-9(18(22)23)7-12(11)16/h2-7H,1H3,(H,17,19)(H,20,21). The van der Waals surface area contributed by atoms with Crippen LogP contribution in [0.2, 0.25) is 5.02 Å². The van der Waals surface area contributed by atoms with Crippen LogP contribution in [0.15, 0.2) is 36.4 Å². The van der Waals surface area contributed by atoms with E-state index >= 15 is 0 Å². The van der Waals surface area contributed by atoms with E-state index in [4.69, 9.17) is 16.7 Å². The van der Waals surface area contributed by atoms with Crippen molar-refractivity contribution in [1.29, 1.82) is 0 Å². The van der Waals surface area contributed by atoms with E-state index < -0.39 is 16.8 Å². The Balaban J connectivity index is 2.31. The summed E-state index contributed by atoms with van der Waals surface area (Å²) in [6.07, 6.45) is 0. The average molecular weight is 335 g/mol. The number of aromatic carboxylic acids is 1. The molecule has 0 aliphatic heterocycles. The van der Waals surface area contributed by atoms with E-state index in [0.717, 1.165) is 6.07 Å². The largest absolute Gasteiger partial charge is 0.478 e. The van der Waals surface area contributed by atoms with Crippen LogP contribution in [0.1, 0.15) is 26.3 Å². The second kappa shape index (κ2) is 6.45. The Hall–Kier alpha value is -2.93. The third-order valence-corrected chi connectivity index (χ3v) is 3.53. The molecule has 0 saturated carbocycles. The number of hydrogen-bond donors (Lipinski definition) is 2. The van der Waals surface area contributed by atoms with Crippen LogP contribution in [-0.4, -0.2) is 21.9 Å². The highest BCUT2D eigenvalue weighted by Gasteiger charge is 2.17. The predicted molar refractivity (Wildman–Crippen MR) is 84.2 cm³/mol. The number of nitro benzene ring substituents is 1. The molecule has 0 bridgehead atoms. The number of anilines is 1. The number of non-ortho nitro benzene ring substituents is 1. The summed E-state index contributed by atoms with van der Waals surface area (Å²) < 4.78 is 0. The van der Waals surface area contributed by atoms with Gasteiger partial charge in [0, 0.05) is 17.8 Å². The Bertz CT molecular complexity index is 820. The first-order valence-electron chi connectivity index (χ1n) is 6.39. The number of hydrogen-bond acceptors (Lipinski definition) is 4. The lowest BCUT2D eigenvalue weighted by Crippen LogP contribution is -2.14. The predicted octanol–water partition coefficient (Wildman–Crippen LogP) is 3.51. The second-order valence-electron chi connectivity index (χ2n) is 4.66. The van der Waals surface area contributed by atoms with Gasteiger partial charge in [0.2, 0.25) is 0 Å². The van der Waals surface area contributed by atoms with Crippen LogP contribution >= 0.6 is 11.6 Å². The normalized spacial score (nSPS) is 10.2. The molecule has 0 aromatic heterocycles. The van der Waals surface area contributed by atoms with Crippen molar-refractivity contribution >= 4 is 34.9 Å². The third kappa shape index (κ3) is 3.46. The molecule has 2 aromatic carbocycles. The molecule has 0 radical (unpaired) electrons. The minimum atomic E-state index is -1.10. The molecule has 0 unspecified atom stereocenters. The topological polar surface area (TPSA) is 110 Å². The first-order valence-corrected chi connectivity index (χ1v) is 6.77. The smallest absolute Gasteiger partial charge is 0.336 e. The van der Waals surface area contributed by atoms with Crippen molar-refractivity contribution in [3.63, 3.8) is 0 Å². The molecule has 0 atom stereocenters. The molecule has 0 fully saturated rings. The van der Waals surface area contributed by atoms with Gasteiger partial charge in [-0.3, -0.25) is 14.9 Å². The minimum absolute atomic E-state index is 0.0531. The van der Waals surface area contributed by atoms with Gasteiger partial charge in [0.15, 0.2) is 0 Å². The van der Waals surface area contributed by atoms with Gasteiger partial charge in [-0.1, -0.05) is 17.7 Å². The van der Waals surface area contributed by atoms with Crippen LogP contribution in [0.25, 0.3) is 0 Å². The van der Waals surface area contributed by atoms with Crippen molar-refractivity contribution in [2.45, 2.75) is 6.92 Å². The van der Waals surface area contributed by atoms with Crippen LogP contribution < -0.4 is 5.32 Å². The number of amides is 1. The summed E-state index contributed by atoms with van der Waals surface area (Å²) in [5.41, 5.74) is 0.612. The van der Waals surface area contributed by atoms with Crippen LogP contribution in [0.3, 0.4) is 0 Å². The summed E-state index contributed by atoms with van der Waals surface area (Å²) in [4.78, 5) is 33.4. The number of benzene rings is 2. The fraction of sp³-hybridized carbons (Fsp3) is 0.0667. The number of carboxylic acids is 1. The molecule has 23 heavy (non-hydrogen) atoms. The summed E-state index contributed by atoms with van der Waals surface area (Å²) in [7, 11) is 0. The van der Waals surface area contributed by atoms with Crippen LogP contribution in [-0.2, 0) is 0 Å². The summed E-state index contributed by atoms with van der Waals surface area (Å²) in [5.74, 6) is -1.69. The van der Waals surface area contributed by atoms with E-state index in [-0.39, 0.29) is 21.8 Å². The zero-order valence-electron chi connectivity index (χ0n) is 11.9. The van der Waals surface area contributed by atoms with Crippen molar-refractivity contribution in [2.75, 3.05) is 5.32 Å². The van der Waals surface area contributed by atoms with Gasteiger partial charge in [-0.2, -0.15) is 0 Å². The van der Waals surface area contributed by atoms with Gasteiger partial charge in [-0.15, -0.1) is 0 Å². The first kappa shape index (κ1) is 16.4. The first-order chi connectivity index (χ1) is 10.8. The SMILES string of the molecule is Cc1c(NC(=O)c2ccc([N+](=O)[O-])cc2Cl)cccc1C(=O)O. The Kier molecular flexibility index (Phi) is 4.61. The molecule has 0 spiro atoms. The third-order valence-electron chi connectivity index (χ3n) is 3.22. The van der Waals surface area contributed by atoms with Crippen LogP contribution in [0.4, 0.5) is 11.4 Å². The fourth-order valence-electron chi connectivity index (χ4n) is 1.99. The van der Waals surface area contributed by atoms with Gasteiger partial charge in [0.05, 0.1) is 21.1 Å². The van der Waals surface area contributed by atoms with E-state index in [9.17, 15) is 19.7 Å². The highest BCUT2D eigenvalue weighted by molar-refractivity contribution is 6.34. The maximum Gasteiger partial charge on any atom is 0.336 e. The van der Waals surface area contributed by atoms with Gasteiger partial charge in [-0.05, 0) is 30.7 Å². The Morgan fingerprint density at radius 1 is 1.22 bits per heavy atom. The molecule has 2 rings (SSSR count). The number of carboxylic acid groups (broad SMARTS) is 1. The molecule has 8 heteroatoms. The highest BCUT2D eigenvalue weighted by Crippen LogP contribution is 2.25. The van der Waals surface area contributed by atoms with E-state index in [1.54, 1.807) is 13.0 Å². The van der Waals surface area contributed by atoms with Crippen molar-refractivity contribution in [3.8, 4) is 0 Å². The number of nitrogens with zero attached hydrogens (tertiary/aromatic N) is 1. The van der Waals surface area contributed by atoms with Gasteiger partial charge < -0.3 is 10.4 Å². The molecule has 1 amide bonds. The monoisotopic (exact) mass is 334 g/mol. The van der Waals surface area contributed by atoms with Crippen molar-refractivity contribution in [2.24, 2.45) is 0 Å². The maximum absolute atomic E-state index is 12.2. The number of nitrogens with one attached hydrogen (secondary N) is 1. The number of carbonyl (C=O) groups is 2. The quantitative estimate of drug-likeness (QED) is 0.656. The number of nitro groups is 1. The molecule has 7 nitrogen and oxygen atoms in total. The van der Waals surface area contributed by atoms with Crippen molar-refractivity contribution < 1.29 is 19.6 Å². The van der Waals surface area contributed by atoms with E-state index in [1.807, 2.05) is 0 Å². The maximum atomic E-state index is 12.2. The Morgan fingerprint density at radius 3 is 2.48 bits per heavy atom. The highest BCUT2D eigenvalue weighted by atomic mass is 35.5. The number of rotatable bonds is 4. The van der Waals surface area contributed by atoms with Crippen molar-refractivity contribution in [3.05, 3.63) is 68.2 Å². The lowest BCUT2D eigenvalue weighted by atomic mass is 10.1. The Labute approximate surface area is 135 Å². The minimum Gasteiger partial charge on any atom is -0.478 e. The van der Waals surface area contributed by atoms with E-state index in [1.165, 1.54) is 24.3 Å². The van der Waals surface area contributed by atoms with Crippen LogP contribution in [0.5, 0.6) is 0 Å². The summed E-state index contributed by atoms with van der Waals surface area (Å²) in [6, 6.07) is 7.97. The molecular weight excluding hydrogens is 324 g/mol. The number of halogens is 1. The lowest BCUT2D eigenvalue weighted by Gasteiger charge is -2.11. The summed E-state index contributed by atoms with van der Waals surface area (Å²) in [5, 5.41) is 22.2. The molecule has 0 aliphatic rings. The Morgan fingerprint density at radius 2 is 1.91 bits per heavy atom. The number of carbonyl (C=O) groups excluding carboxylic acids is 1. The molecular formula is C15H11ClN2O5. The molecule has 0 heterocycles. The fourth-order valence-corrected chi connectivity index (χ4v) is 2.25. The molecule has 118 valence electrons. The second-order valence-corrected chi connectivity index (χ2v) is 5.07. The van der Waals surface area contributed by atoms with Crippen molar-refractivity contribution in [1.82, 2.24) is 0 Å². The zero-order chi connectivity index (χ0) is 17.1. The molecule has 0 aliphatic carbocycles. The zero-order valence-corrected chi connectivity index (χ0v) is 12.6. The van der Waals surface area contributed by atoms with Gasteiger partial charge in [-0.25, -0.2) is 4.79 Å². The summed E-state index contributed by atoms with van der Waals surface area (Å²) >= 11 is 5.90. The molecule has 0 saturated heterocycles. The van der Waals surface area contributed by atoms with E-state index in [2.05, 4.69) is 5.32 Å². The van der Waals surface area contributed by atoms with Crippen LogP contribution in [0, 0.1) is 17.0 Å². The van der Waals surface area contributed by atoms with E-state index in [0.29, 0.717) is 11.3 Å². The van der Waals surface area contributed by atoms with Gasteiger partial charge in [0.1, 0.15) is 0 Å². The van der Waals surface area contributed by atoms with Gasteiger partial charge >= 0.3 is 5.97 Å². The average Bonchev–Trinajstić information content (AvgIpc) is 2.48. The molecule has 2 aromatic rings.